The first-order chi connectivity index (χ1) is 22.3. The van der Waals surface area contributed by atoms with Gasteiger partial charge >= 0.3 is 0 Å². The quantitative estimate of drug-likeness (QED) is 0.168. The van der Waals surface area contributed by atoms with Crippen molar-refractivity contribution in [1.29, 1.82) is 0 Å². The number of para-hydroxylation sites is 6. The average molecular weight is 997 g/mol. The van der Waals surface area contributed by atoms with Crippen molar-refractivity contribution in [3.05, 3.63) is 158 Å². The van der Waals surface area contributed by atoms with E-state index in [0.717, 1.165) is 22.5 Å². The van der Waals surface area contributed by atoms with Gasteiger partial charge < -0.3 is 39.2 Å². The van der Waals surface area contributed by atoms with Crippen LogP contribution >= 0.6 is 0 Å². The minimum Gasteiger partial charge on any atom is -0.504 e. The Morgan fingerprint density at radius 3 is 1.12 bits per heavy atom. The van der Waals surface area contributed by atoms with Crippen molar-refractivity contribution >= 4 is 34.1 Å². The maximum atomic E-state index is 3.81. The van der Waals surface area contributed by atoms with Gasteiger partial charge in [0.1, 0.15) is 0 Å². The number of benzene rings is 4. The molecule has 2 aliphatic rings. The second-order valence-corrected chi connectivity index (χ2v) is 10.9. The first kappa shape index (κ1) is 38.3. The Labute approximate surface area is 314 Å². The summed E-state index contributed by atoms with van der Waals surface area (Å²) in [6.07, 6.45) is 9.40. The molecule has 10 heteroatoms. The predicted molar refractivity (Wildman–Crippen MR) is 187 cm³/mol. The van der Waals surface area contributed by atoms with Gasteiger partial charge in [-0.3, -0.25) is 0 Å². The van der Waals surface area contributed by atoms with Crippen molar-refractivity contribution in [1.82, 2.24) is 19.6 Å². The molecule has 6 aromatic rings. The van der Waals surface area contributed by atoms with Crippen molar-refractivity contribution in [2.75, 3.05) is 33.7 Å². The van der Waals surface area contributed by atoms with Crippen LogP contribution in [0.4, 0.5) is 34.1 Å². The summed E-state index contributed by atoms with van der Waals surface area (Å²) in [6.45, 7) is 8.09. The topological polar surface area (TPSA) is 48.6 Å². The normalized spacial score (nSPS) is 12.1. The number of hydrogen-bond acceptors (Lipinski definition) is 6. The van der Waals surface area contributed by atoms with Crippen LogP contribution in [0.5, 0.6) is 0 Å². The molecule has 0 saturated carbocycles. The third kappa shape index (κ3) is 9.95. The second kappa shape index (κ2) is 18.4. The predicted octanol–water partition coefficient (Wildman–Crippen LogP) is 7.44. The molecule has 8 nitrogen and oxygen atoms in total. The molecule has 2 aromatic heterocycles. The van der Waals surface area contributed by atoms with Crippen LogP contribution in [0.2, 0.25) is 0 Å². The molecule has 0 N–H and O–H groups in total. The third-order valence-corrected chi connectivity index (χ3v) is 7.05. The van der Waals surface area contributed by atoms with Crippen molar-refractivity contribution in [3.63, 3.8) is 0 Å². The fourth-order valence-corrected chi connectivity index (χ4v) is 4.97. The molecule has 0 radical (unpaired) electrons. The molecule has 0 aliphatic carbocycles. The van der Waals surface area contributed by atoms with Gasteiger partial charge in [0.05, 0.1) is 0 Å². The summed E-state index contributed by atoms with van der Waals surface area (Å²) < 4.78 is 3.46. The minimum atomic E-state index is 0. The summed E-state index contributed by atoms with van der Waals surface area (Å²) in [5.41, 5.74) is 9.16. The maximum Gasteiger partial charge on any atom is 0.0326 e. The molecule has 0 fully saturated rings. The van der Waals surface area contributed by atoms with Crippen molar-refractivity contribution in [2.24, 2.45) is 14.1 Å². The molecule has 48 heavy (non-hydrogen) atoms. The number of nitrogens with zero attached hydrogens (tertiary/aromatic N) is 8. The molecule has 0 spiro atoms. The maximum absolute atomic E-state index is 3.81. The average Bonchev–Trinajstić information content (AvgIpc) is 3.85. The van der Waals surface area contributed by atoms with Crippen LogP contribution in [-0.4, -0.2) is 33.7 Å². The Morgan fingerprint density at radius 1 is 0.500 bits per heavy atom. The Hall–Kier alpha value is -4.12. The number of fused-ring (bicyclic) bond motifs is 2. The zero-order chi connectivity index (χ0) is 32.5. The van der Waals surface area contributed by atoms with Crippen LogP contribution in [0.1, 0.15) is 11.1 Å². The van der Waals surface area contributed by atoms with Gasteiger partial charge in [-0.1, -0.05) is 38.1 Å². The Balaban J connectivity index is 0.000000183. The van der Waals surface area contributed by atoms with Crippen molar-refractivity contribution in [3.8, 4) is 0 Å². The smallest absolute Gasteiger partial charge is 0.0326 e. The fraction of sp³-hybridized carbons (Fsp3) is 0.158. The molecule has 0 bridgehead atoms. The van der Waals surface area contributed by atoms with Gasteiger partial charge in [-0.25, -0.2) is 0 Å². The van der Waals surface area contributed by atoms with Crippen LogP contribution in [0.3, 0.4) is 0 Å². The van der Waals surface area contributed by atoms with Crippen molar-refractivity contribution < 1.29 is 42.1 Å². The van der Waals surface area contributed by atoms with Crippen molar-refractivity contribution in [2.45, 2.75) is 13.8 Å². The van der Waals surface area contributed by atoms with E-state index in [1.54, 1.807) is 9.36 Å². The van der Waals surface area contributed by atoms with E-state index in [4.69, 9.17) is 0 Å². The summed E-state index contributed by atoms with van der Waals surface area (Å²) >= 11 is 0. The van der Waals surface area contributed by atoms with Crippen LogP contribution in [0.25, 0.3) is 0 Å². The minimum absolute atomic E-state index is 0. The largest absolute Gasteiger partial charge is 0.504 e. The monoisotopic (exact) mass is 996 g/mol. The number of rotatable bonds is 2. The molecule has 0 saturated heterocycles. The summed E-state index contributed by atoms with van der Waals surface area (Å²) in [7, 11) is 7.87. The number of anilines is 6. The van der Waals surface area contributed by atoms with E-state index in [9.17, 15) is 0 Å². The molecule has 8 rings (SSSR count). The first-order valence-corrected chi connectivity index (χ1v) is 14.9. The zero-order valence-electron chi connectivity index (χ0n) is 27.8. The number of aromatic nitrogens is 4. The van der Waals surface area contributed by atoms with E-state index in [0.29, 0.717) is 0 Å². The summed E-state index contributed by atoms with van der Waals surface area (Å²) in [5.74, 6) is 0. The Bertz CT molecular complexity index is 1640. The molecule has 0 unspecified atom stereocenters. The van der Waals surface area contributed by atoms with E-state index >= 15 is 0 Å². The number of hydrogen-bond donors (Lipinski definition) is 0. The summed E-state index contributed by atoms with van der Waals surface area (Å²) in [6, 6.07) is 39.2. The van der Waals surface area contributed by atoms with E-state index in [2.05, 4.69) is 142 Å². The van der Waals surface area contributed by atoms with Gasteiger partial charge in [0.2, 0.25) is 0 Å². The van der Waals surface area contributed by atoms with Gasteiger partial charge in [0, 0.05) is 79.0 Å². The molecule has 0 atom stereocenters. The first-order valence-electron chi connectivity index (χ1n) is 14.9. The van der Waals surface area contributed by atoms with E-state index in [1.165, 1.54) is 22.7 Å². The molecule has 2 aliphatic heterocycles. The van der Waals surface area contributed by atoms with E-state index in [-0.39, 0.29) is 42.1 Å². The Morgan fingerprint density at radius 2 is 0.854 bits per heavy atom. The van der Waals surface area contributed by atoms with Crippen LogP contribution in [0, 0.1) is 51.7 Å². The number of aryl methyl sites for hydroxylation is 4. The standard InChI is InChI=1S/2C14H12N2.2C5H7N2.2Pt/c2*1-15-11-16(12-7-3-2-4-8-12)14-10-6-5-9-13(14)15;2*1-5-3-6-7(2)4-5;;/h2*2-7,9-11H,1H3;2*4H,1-2H3;;/q2*-2;2*-1;;. The zero-order valence-corrected chi connectivity index (χ0v) is 32.3. The summed E-state index contributed by atoms with van der Waals surface area (Å²) in [5, 5.41) is 7.62. The third-order valence-electron chi connectivity index (χ3n) is 7.05. The molecular formula is C38H38N8Pt2-6. The Kier molecular flexibility index (Phi) is 14.7. The molecule has 0 amide bonds. The van der Waals surface area contributed by atoms with Gasteiger partial charge in [-0.15, -0.1) is 36.2 Å². The van der Waals surface area contributed by atoms with Crippen LogP contribution < -0.4 is 19.6 Å². The molecule has 4 heterocycles. The molecular weight excluding hydrogens is 959 g/mol. The van der Waals surface area contributed by atoms with Gasteiger partial charge in [-0.2, -0.15) is 85.1 Å². The summed E-state index contributed by atoms with van der Waals surface area (Å²) in [4.78, 5) is 8.54. The fourth-order valence-electron chi connectivity index (χ4n) is 4.97. The van der Waals surface area contributed by atoms with Crippen LogP contribution in [-0.2, 0) is 56.2 Å². The van der Waals surface area contributed by atoms with E-state index in [1.807, 2.05) is 76.7 Å². The second-order valence-electron chi connectivity index (χ2n) is 10.9. The molecule has 256 valence electrons. The molecule has 4 aromatic carbocycles. The SMILES string of the molecule is CN1[CH-]N(c2[c-]cccc2)c2ccccc21.CN1[CH-]N(c2[c-]cccc2)c2ccccc21.Cc1[c-]nn(C)c1.Cc1[c-]nn(C)c1.[Pt].[Pt]. The van der Waals surface area contributed by atoms with Crippen LogP contribution in [0.15, 0.2) is 109 Å². The van der Waals surface area contributed by atoms with Gasteiger partial charge in [0.15, 0.2) is 0 Å². The van der Waals surface area contributed by atoms with Gasteiger partial charge in [0.25, 0.3) is 0 Å². The van der Waals surface area contributed by atoms with E-state index < -0.39 is 0 Å². The van der Waals surface area contributed by atoms with Gasteiger partial charge in [-0.05, 0) is 38.4 Å².